The van der Waals surface area contributed by atoms with E-state index in [0.717, 1.165) is 19.3 Å². The monoisotopic (exact) mass is 247 g/mol. The van der Waals surface area contributed by atoms with E-state index in [1.54, 1.807) is 13.2 Å². The van der Waals surface area contributed by atoms with Crippen LogP contribution in [0.25, 0.3) is 0 Å². The van der Waals surface area contributed by atoms with Crippen molar-refractivity contribution in [1.82, 2.24) is 5.32 Å². The molecule has 0 saturated carbocycles. The maximum absolute atomic E-state index is 11.9. The van der Waals surface area contributed by atoms with Crippen LogP contribution in [0.2, 0.25) is 0 Å². The van der Waals surface area contributed by atoms with Crippen LogP contribution >= 0.6 is 0 Å². The van der Waals surface area contributed by atoms with Crippen LogP contribution in [0, 0.1) is 0 Å². The summed E-state index contributed by atoms with van der Waals surface area (Å²) in [7, 11) is 1.55. The highest BCUT2D eigenvalue weighted by atomic mass is 16.5. The first kappa shape index (κ1) is 12.8. The number of fused-ring (bicyclic) bond motifs is 1. The Bertz CT molecular complexity index is 468. The van der Waals surface area contributed by atoms with Gasteiger partial charge < -0.3 is 10.1 Å². The quantitative estimate of drug-likeness (QED) is 0.482. The zero-order chi connectivity index (χ0) is 13.0. The summed E-state index contributed by atoms with van der Waals surface area (Å²) < 4.78 is 4.81. The third-order valence-electron chi connectivity index (χ3n) is 3.16. The van der Waals surface area contributed by atoms with Crippen molar-refractivity contribution in [3.63, 3.8) is 0 Å². The molecule has 0 bridgehead atoms. The van der Waals surface area contributed by atoms with Crippen molar-refractivity contribution in [3.05, 3.63) is 34.9 Å². The summed E-state index contributed by atoms with van der Waals surface area (Å²) >= 11 is 0. The second-order valence-corrected chi connectivity index (χ2v) is 4.41. The van der Waals surface area contributed by atoms with Gasteiger partial charge in [-0.15, -0.1) is 0 Å². The Balaban J connectivity index is 2.02. The molecule has 96 valence electrons. The van der Waals surface area contributed by atoms with Crippen LogP contribution in [0.5, 0.6) is 0 Å². The number of carbonyl (C=O) groups is 2. The standard InChI is InChI=1S/C14H17NO3/c1-18-8-7-15-14(17)13(16)12-6-5-10-3-2-4-11(10)9-12/h5-6,9H,2-4,7-8H2,1H3,(H,15,17). The number of benzene rings is 1. The lowest BCUT2D eigenvalue weighted by molar-refractivity contribution is -0.117. The summed E-state index contributed by atoms with van der Waals surface area (Å²) in [5, 5.41) is 2.54. The lowest BCUT2D eigenvalue weighted by Gasteiger charge is -2.05. The summed E-state index contributed by atoms with van der Waals surface area (Å²) in [6.07, 6.45) is 3.21. The normalized spacial score (nSPS) is 13.2. The molecule has 0 spiro atoms. The van der Waals surface area contributed by atoms with Gasteiger partial charge in [-0.3, -0.25) is 9.59 Å². The Kier molecular flexibility index (Phi) is 4.10. The van der Waals surface area contributed by atoms with E-state index in [2.05, 4.69) is 5.32 Å². The number of nitrogens with one attached hydrogen (secondary N) is 1. The third kappa shape index (κ3) is 2.76. The largest absolute Gasteiger partial charge is 0.383 e. The van der Waals surface area contributed by atoms with Gasteiger partial charge in [0, 0.05) is 19.2 Å². The van der Waals surface area contributed by atoms with Crippen LogP contribution in [0.15, 0.2) is 18.2 Å². The number of methoxy groups -OCH3 is 1. The Hall–Kier alpha value is -1.68. The first-order chi connectivity index (χ1) is 8.72. The Morgan fingerprint density at radius 1 is 1.28 bits per heavy atom. The molecule has 1 aromatic rings. The summed E-state index contributed by atoms with van der Waals surface area (Å²) in [5.41, 5.74) is 2.97. The van der Waals surface area contributed by atoms with Crippen molar-refractivity contribution < 1.29 is 14.3 Å². The van der Waals surface area contributed by atoms with Crippen molar-refractivity contribution in [1.29, 1.82) is 0 Å². The molecule has 4 heteroatoms. The average Bonchev–Trinajstić information content (AvgIpc) is 2.85. The van der Waals surface area contributed by atoms with E-state index in [-0.39, 0.29) is 0 Å². The molecule has 0 atom stereocenters. The molecule has 1 aliphatic rings. The topological polar surface area (TPSA) is 55.4 Å². The van der Waals surface area contributed by atoms with E-state index in [1.165, 1.54) is 11.1 Å². The molecule has 0 heterocycles. The van der Waals surface area contributed by atoms with Crippen LogP contribution < -0.4 is 5.32 Å². The molecule has 4 nitrogen and oxygen atoms in total. The summed E-state index contributed by atoms with van der Waals surface area (Å²) in [6.45, 7) is 0.759. The first-order valence-electron chi connectivity index (χ1n) is 6.15. The molecular weight excluding hydrogens is 230 g/mol. The molecule has 1 aliphatic carbocycles. The van der Waals surface area contributed by atoms with Crippen LogP contribution in [-0.2, 0) is 22.4 Å². The number of rotatable bonds is 5. The average molecular weight is 247 g/mol. The minimum atomic E-state index is -0.565. The zero-order valence-electron chi connectivity index (χ0n) is 10.5. The first-order valence-corrected chi connectivity index (χ1v) is 6.15. The number of ketones is 1. The van der Waals surface area contributed by atoms with Gasteiger partial charge in [0.25, 0.3) is 5.91 Å². The Morgan fingerprint density at radius 3 is 2.83 bits per heavy atom. The second-order valence-electron chi connectivity index (χ2n) is 4.41. The maximum atomic E-state index is 11.9. The van der Waals surface area contributed by atoms with Gasteiger partial charge >= 0.3 is 0 Å². The molecule has 0 fully saturated rings. The Labute approximate surface area is 106 Å². The Morgan fingerprint density at radius 2 is 2.06 bits per heavy atom. The molecule has 0 aromatic heterocycles. The second kappa shape index (κ2) is 5.78. The smallest absolute Gasteiger partial charge is 0.292 e. The molecule has 1 aromatic carbocycles. The van der Waals surface area contributed by atoms with Gasteiger partial charge in [-0.1, -0.05) is 12.1 Å². The van der Waals surface area contributed by atoms with Crippen molar-refractivity contribution in [2.75, 3.05) is 20.3 Å². The summed E-state index contributed by atoms with van der Waals surface area (Å²) in [5.74, 6) is -1.04. The highest BCUT2D eigenvalue weighted by Gasteiger charge is 2.18. The van der Waals surface area contributed by atoms with Gasteiger partial charge in [0.15, 0.2) is 0 Å². The van der Waals surface area contributed by atoms with Gasteiger partial charge in [0.05, 0.1) is 6.61 Å². The molecular formula is C14H17NO3. The lowest BCUT2D eigenvalue weighted by atomic mass is 10.0. The lowest BCUT2D eigenvalue weighted by Crippen LogP contribution is -2.33. The molecule has 0 saturated heterocycles. The number of hydrogen-bond donors (Lipinski definition) is 1. The molecule has 1 N–H and O–H groups in total. The van der Waals surface area contributed by atoms with Crippen molar-refractivity contribution in [2.45, 2.75) is 19.3 Å². The van der Waals surface area contributed by atoms with Crippen LogP contribution in [0.4, 0.5) is 0 Å². The minimum absolute atomic E-state index is 0.353. The SMILES string of the molecule is COCCNC(=O)C(=O)c1ccc2c(c1)CCC2. The fourth-order valence-electron chi connectivity index (χ4n) is 2.19. The van der Waals surface area contributed by atoms with Gasteiger partial charge in [0.1, 0.15) is 0 Å². The number of Topliss-reactive ketones (excluding diaryl/α,β-unsaturated/α-hetero) is 1. The van der Waals surface area contributed by atoms with Crippen molar-refractivity contribution >= 4 is 11.7 Å². The third-order valence-corrected chi connectivity index (χ3v) is 3.16. The molecule has 2 rings (SSSR count). The highest BCUT2D eigenvalue weighted by Crippen LogP contribution is 2.22. The van der Waals surface area contributed by atoms with Gasteiger partial charge in [-0.2, -0.15) is 0 Å². The predicted octanol–water partition coefficient (Wildman–Crippen LogP) is 1.12. The van der Waals surface area contributed by atoms with E-state index >= 15 is 0 Å². The number of carbonyl (C=O) groups excluding carboxylic acids is 2. The molecule has 0 unspecified atom stereocenters. The van der Waals surface area contributed by atoms with Crippen LogP contribution in [-0.4, -0.2) is 32.0 Å². The van der Waals surface area contributed by atoms with E-state index in [4.69, 9.17) is 4.74 Å². The number of aryl methyl sites for hydroxylation is 2. The minimum Gasteiger partial charge on any atom is -0.383 e. The summed E-state index contributed by atoms with van der Waals surface area (Å²) in [6, 6.07) is 5.54. The predicted molar refractivity (Wildman–Crippen MR) is 67.7 cm³/mol. The number of hydrogen-bond acceptors (Lipinski definition) is 3. The maximum Gasteiger partial charge on any atom is 0.292 e. The van der Waals surface area contributed by atoms with Gasteiger partial charge in [-0.25, -0.2) is 0 Å². The van der Waals surface area contributed by atoms with Crippen molar-refractivity contribution in [3.8, 4) is 0 Å². The van der Waals surface area contributed by atoms with E-state index in [1.807, 2.05) is 12.1 Å². The molecule has 18 heavy (non-hydrogen) atoms. The van der Waals surface area contributed by atoms with Crippen LogP contribution in [0.1, 0.15) is 27.9 Å². The molecule has 0 aliphatic heterocycles. The zero-order valence-corrected chi connectivity index (χ0v) is 10.5. The highest BCUT2D eigenvalue weighted by molar-refractivity contribution is 6.42. The number of ether oxygens (including phenoxy) is 1. The molecule has 0 radical (unpaired) electrons. The van der Waals surface area contributed by atoms with Crippen molar-refractivity contribution in [2.24, 2.45) is 0 Å². The van der Waals surface area contributed by atoms with Gasteiger partial charge in [0.2, 0.25) is 5.78 Å². The van der Waals surface area contributed by atoms with E-state index in [0.29, 0.717) is 18.7 Å². The molecule has 1 amide bonds. The number of amides is 1. The summed E-state index contributed by atoms with van der Waals surface area (Å²) in [4.78, 5) is 23.5. The van der Waals surface area contributed by atoms with E-state index < -0.39 is 11.7 Å². The van der Waals surface area contributed by atoms with Gasteiger partial charge in [-0.05, 0) is 36.5 Å². The van der Waals surface area contributed by atoms with Crippen LogP contribution in [0.3, 0.4) is 0 Å². The van der Waals surface area contributed by atoms with E-state index in [9.17, 15) is 9.59 Å². The fourth-order valence-corrected chi connectivity index (χ4v) is 2.19. The fraction of sp³-hybridized carbons (Fsp3) is 0.429.